The Hall–Kier alpha value is -8.54. The van der Waals surface area contributed by atoms with Crippen LogP contribution in [-0.2, 0) is 6.42 Å². The Morgan fingerprint density at radius 2 is 1.06 bits per heavy atom. The number of hydrogen-bond donors (Lipinski definition) is 1. The number of rotatable bonds is 9. The van der Waals surface area contributed by atoms with E-state index in [1.165, 1.54) is 48.9 Å². The molecule has 0 atom stereocenters. The summed E-state index contributed by atoms with van der Waals surface area (Å²) in [6.45, 7) is 4.12. The fraction of sp³-hybridized carbons (Fsp3) is 0.0169. The van der Waals surface area contributed by atoms with Crippen LogP contribution in [0.1, 0.15) is 5.56 Å². The third-order valence-corrected chi connectivity index (χ3v) is 12.8. The SMILES string of the molecule is C=C/C=C\C(=C/n1c2ccccc2c2ccc3c(c4ccccc4n3/C(N)=C/C=C\Cc3ccccc3)c21)n1c2ccccc2c2cc3c(cc21)c1ccccc1n3-c1ccccc1. The van der Waals surface area contributed by atoms with Gasteiger partial charge < -0.3 is 19.4 Å². The summed E-state index contributed by atoms with van der Waals surface area (Å²) >= 11 is 0. The third-order valence-electron chi connectivity index (χ3n) is 12.8. The summed E-state index contributed by atoms with van der Waals surface area (Å²) in [5.74, 6) is 0.660. The number of fused-ring (bicyclic) bond motifs is 13. The molecule has 12 aromatic rings. The topological polar surface area (TPSA) is 45.7 Å². The van der Waals surface area contributed by atoms with E-state index in [2.05, 4.69) is 225 Å². The van der Waals surface area contributed by atoms with Gasteiger partial charge in [0.05, 0.1) is 49.8 Å². The largest absolute Gasteiger partial charge is 0.385 e. The first-order valence-electron chi connectivity index (χ1n) is 21.8. The molecule has 12 rings (SSSR count). The Balaban J connectivity index is 1.14. The maximum Gasteiger partial charge on any atom is 0.108 e. The Kier molecular flexibility index (Phi) is 8.80. The lowest BCUT2D eigenvalue weighted by Gasteiger charge is -2.12. The quantitative estimate of drug-likeness (QED) is 0.145. The first-order valence-corrected chi connectivity index (χ1v) is 21.8. The number of para-hydroxylation sites is 5. The van der Waals surface area contributed by atoms with Gasteiger partial charge >= 0.3 is 0 Å². The summed E-state index contributed by atoms with van der Waals surface area (Å²) in [7, 11) is 0. The van der Waals surface area contributed by atoms with Gasteiger partial charge in [0, 0.05) is 55.0 Å². The molecule has 0 amide bonds. The maximum atomic E-state index is 7.05. The highest BCUT2D eigenvalue weighted by atomic mass is 15.1. The van der Waals surface area contributed by atoms with Crippen molar-refractivity contribution in [3.8, 4) is 5.69 Å². The average molecular weight is 822 g/mol. The molecular weight excluding hydrogens is 779 g/mol. The lowest BCUT2D eigenvalue weighted by Crippen LogP contribution is -2.05. The number of nitrogens with zero attached hydrogens (tertiary/aromatic N) is 4. The highest BCUT2D eigenvalue weighted by Gasteiger charge is 2.22. The van der Waals surface area contributed by atoms with E-state index in [9.17, 15) is 0 Å². The zero-order valence-electron chi connectivity index (χ0n) is 35.1. The van der Waals surface area contributed by atoms with Crippen LogP contribution in [0.25, 0.3) is 111 Å². The van der Waals surface area contributed by atoms with Crippen LogP contribution in [-0.4, -0.2) is 18.3 Å². The molecule has 0 radical (unpaired) electrons. The molecule has 0 aliphatic rings. The van der Waals surface area contributed by atoms with E-state index in [1.807, 2.05) is 24.3 Å². The van der Waals surface area contributed by atoms with Crippen molar-refractivity contribution in [1.29, 1.82) is 0 Å². The minimum absolute atomic E-state index is 0.660. The number of hydrogen-bond acceptors (Lipinski definition) is 1. The van der Waals surface area contributed by atoms with E-state index in [0.29, 0.717) is 5.82 Å². The van der Waals surface area contributed by atoms with E-state index in [0.717, 1.165) is 61.7 Å². The van der Waals surface area contributed by atoms with Gasteiger partial charge in [-0.15, -0.1) is 0 Å². The fourth-order valence-electron chi connectivity index (χ4n) is 10.1. The molecule has 5 nitrogen and oxygen atoms in total. The number of benzene rings is 8. The Morgan fingerprint density at radius 1 is 0.484 bits per heavy atom. The smallest absolute Gasteiger partial charge is 0.108 e. The van der Waals surface area contributed by atoms with Crippen molar-refractivity contribution in [2.75, 3.05) is 0 Å². The summed E-state index contributed by atoms with van der Waals surface area (Å²) in [4.78, 5) is 0. The molecule has 0 bridgehead atoms. The number of nitrogens with two attached hydrogens (primary N) is 1. The van der Waals surface area contributed by atoms with Crippen molar-refractivity contribution < 1.29 is 0 Å². The Labute approximate surface area is 370 Å². The average Bonchev–Trinajstić information content (AvgIpc) is 4.06. The second-order valence-corrected chi connectivity index (χ2v) is 16.4. The molecule has 0 fully saturated rings. The van der Waals surface area contributed by atoms with Gasteiger partial charge in [-0.25, -0.2) is 0 Å². The van der Waals surface area contributed by atoms with Crippen molar-refractivity contribution in [3.63, 3.8) is 0 Å². The lowest BCUT2D eigenvalue weighted by molar-refractivity contribution is 1.17. The molecule has 0 unspecified atom stereocenters. The van der Waals surface area contributed by atoms with Gasteiger partial charge in [-0.3, -0.25) is 4.57 Å². The first kappa shape index (κ1) is 37.2. The van der Waals surface area contributed by atoms with Crippen LogP contribution >= 0.6 is 0 Å². The van der Waals surface area contributed by atoms with E-state index in [4.69, 9.17) is 5.73 Å². The van der Waals surface area contributed by atoms with Gasteiger partial charge in [-0.05, 0) is 78.7 Å². The molecule has 8 aromatic carbocycles. The van der Waals surface area contributed by atoms with E-state index in [-0.39, 0.29) is 0 Å². The third kappa shape index (κ3) is 5.79. The Morgan fingerprint density at radius 3 is 1.80 bits per heavy atom. The molecule has 64 heavy (non-hydrogen) atoms. The van der Waals surface area contributed by atoms with Crippen LogP contribution in [0.3, 0.4) is 0 Å². The van der Waals surface area contributed by atoms with Gasteiger partial charge in [0.15, 0.2) is 0 Å². The molecule has 4 aromatic heterocycles. The molecule has 0 saturated heterocycles. The zero-order valence-corrected chi connectivity index (χ0v) is 35.1. The monoisotopic (exact) mass is 821 g/mol. The molecule has 0 aliphatic carbocycles. The van der Waals surface area contributed by atoms with Crippen LogP contribution in [0.2, 0.25) is 0 Å². The van der Waals surface area contributed by atoms with E-state index >= 15 is 0 Å². The summed E-state index contributed by atoms with van der Waals surface area (Å²) in [6.07, 6.45) is 15.5. The fourth-order valence-corrected chi connectivity index (χ4v) is 10.1. The molecular formula is C59H43N5. The highest BCUT2D eigenvalue weighted by Crippen LogP contribution is 2.43. The van der Waals surface area contributed by atoms with Gasteiger partial charge in [0.2, 0.25) is 0 Å². The van der Waals surface area contributed by atoms with E-state index < -0.39 is 0 Å². The molecule has 304 valence electrons. The molecule has 4 heterocycles. The molecule has 0 saturated carbocycles. The minimum atomic E-state index is 0.660. The van der Waals surface area contributed by atoms with Crippen LogP contribution in [0.15, 0.2) is 225 Å². The normalized spacial score (nSPS) is 12.9. The zero-order chi connectivity index (χ0) is 42.7. The predicted octanol–water partition coefficient (Wildman–Crippen LogP) is 14.9. The van der Waals surface area contributed by atoms with Gasteiger partial charge in [0.25, 0.3) is 0 Å². The molecule has 5 heteroatoms. The van der Waals surface area contributed by atoms with Crippen molar-refractivity contribution in [2.45, 2.75) is 6.42 Å². The van der Waals surface area contributed by atoms with Crippen LogP contribution < -0.4 is 5.73 Å². The van der Waals surface area contributed by atoms with Crippen molar-refractivity contribution in [1.82, 2.24) is 18.3 Å². The Bertz CT molecular complexity index is 3940. The molecule has 0 spiro atoms. The molecule has 0 aliphatic heterocycles. The number of aromatic nitrogens is 4. The number of allylic oxidation sites excluding steroid dienone is 7. The van der Waals surface area contributed by atoms with Gasteiger partial charge in [-0.2, -0.15) is 0 Å². The van der Waals surface area contributed by atoms with Crippen molar-refractivity contribution >= 4 is 105 Å². The lowest BCUT2D eigenvalue weighted by atomic mass is 10.1. The molecule has 2 N–H and O–H groups in total. The maximum absolute atomic E-state index is 7.05. The van der Waals surface area contributed by atoms with Crippen molar-refractivity contribution in [2.24, 2.45) is 5.73 Å². The van der Waals surface area contributed by atoms with Crippen LogP contribution in [0.4, 0.5) is 0 Å². The first-order chi connectivity index (χ1) is 31.7. The predicted molar refractivity (Wildman–Crippen MR) is 274 cm³/mol. The van der Waals surface area contributed by atoms with Gasteiger partial charge in [-0.1, -0.05) is 158 Å². The summed E-state index contributed by atoms with van der Waals surface area (Å²) in [5, 5.41) is 9.45. The second kappa shape index (κ2) is 15.1. The summed E-state index contributed by atoms with van der Waals surface area (Å²) in [5.41, 5.74) is 19.4. The van der Waals surface area contributed by atoms with Crippen LogP contribution in [0.5, 0.6) is 0 Å². The summed E-state index contributed by atoms with van der Waals surface area (Å²) in [6, 6.07) is 65.3. The van der Waals surface area contributed by atoms with E-state index in [1.54, 1.807) is 0 Å². The van der Waals surface area contributed by atoms with Gasteiger partial charge in [0.1, 0.15) is 5.82 Å². The van der Waals surface area contributed by atoms with Crippen molar-refractivity contribution in [3.05, 3.63) is 231 Å². The standard InChI is InChI=1S/C59H43N5/c1-2-3-23-42(63-52-32-17-13-28-45(52)49-37-55-48(38-56(49)63)44-27-12-16-31-51(44)62(55)41-24-8-5-9-25-41)39-61-50-30-15-11-26-43(50)46-35-36-54-58(59(46)61)47-29-14-18-33-53(47)64(54)57(60)34-19-10-22-40-20-6-4-7-21-40/h2-21,23-39H,1,22,60H2/b19-10-,23-3-,42-39+,57-34+. The van der Waals surface area contributed by atoms with Crippen LogP contribution in [0, 0.1) is 0 Å². The minimum Gasteiger partial charge on any atom is -0.385 e. The second-order valence-electron chi connectivity index (χ2n) is 16.4. The summed E-state index contributed by atoms with van der Waals surface area (Å²) < 4.78 is 9.41. The highest BCUT2D eigenvalue weighted by molar-refractivity contribution is 6.27.